The summed E-state index contributed by atoms with van der Waals surface area (Å²) >= 11 is 3.78. The molecule has 5 rings (SSSR count). The maximum Gasteiger partial charge on any atom is 0.331 e. The first-order chi connectivity index (χ1) is 14.3. The molecule has 2 aromatic rings. The summed E-state index contributed by atoms with van der Waals surface area (Å²) in [5.41, 5.74) is 5.58. The predicted molar refractivity (Wildman–Crippen MR) is 118 cm³/mol. The van der Waals surface area contributed by atoms with Gasteiger partial charge < -0.3 is 14.8 Å². The number of rotatable bonds is 3. The van der Waals surface area contributed by atoms with Gasteiger partial charge in [-0.15, -0.1) is 0 Å². The van der Waals surface area contributed by atoms with Crippen LogP contribution >= 0.6 is 15.9 Å². The first-order valence-electron chi connectivity index (χ1n) is 10.5. The van der Waals surface area contributed by atoms with Crippen LogP contribution in [0, 0.1) is 0 Å². The van der Waals surface area contributed by atoms with E-state index in [9.17, 15) is 14.1 Å². The molecule has 1 aromatic carbocycles. The maximum absolute atomic E-state index is 12.8. The highest BCUT2D eigenvalue weighted by Gasteiger charge is 2.34. The van der Waals surface area contributed by atoms with Crippen LogP contribution in [0.4, 0.5) is 10.5 Å². The van der Waals surface area contributed by atoms with Crippen molar-refractivity contribution in [2.24, 2.45) is 0 Å². The van der Waals surface area contributed by atoms with Gasteiger partial charge in [-0.1, -0.05) is 15.9 Å². The quantitative estimate of drug-likeness (QED) is 0.591. The number of benzene rings is 1. The molecule has 3 aliphatic carbocycles. The lowest BCUT2D eigenvalue weighted by Crippen LogP contribution is -2.31. The molecule has 0 saturated carbocycles. The van der Waals surface area contributed by atoms with Crippen molar-refractivity contribution in [2.75, 3.05) is 5.32 Å². The van der Waals surface area contributed by atoms with Crippen LogP contribution in [0.25, 0.3) is 0 Å². The van der Waals surface area contributed by atoms with Gasteiger partial charge in [-0.3, -0.25) is 0 Å². The highest BCUT2D eigenvalue weighted by atomic mass is 79.9. The molecule has 3 aliphatic rings. The Hall–Kier alpha value is -1.64. The molecule has 2 amide bonds. The summed E-state index contributed by atoms with van der Waals surface area (Å²) in [6, 6.07) is 1.11. The third-order valence-electron chi connectivity index (χ3n) is 6.61. The fraction of sp³-hybridized carbons (Fsp3) is 0.500. The van der Waals surface area contributed by atoms with Crippen molar-refractivity contribution in [2.45, 2.75) is 75.4 Å². The fourth-order valence-corrected chi connectivity index (χ4v) is 6.77. The van der Waals surface area contributed by atoms with Crippen molar-refractivity contribution in [3.63, 3.8) is 0 Å². The predicted octanol–water partition coefficient (Wildman–Crippen LogP) is 4.41. The van der Waals surface area contributed by atoms with E-state index in [2.05, 4.69) is 26.0 Å². The molecule has 1 aromatic heterocycles. The zero-order valence-corrected chi connectivity index (χ0v) is 19.3. The van der Waals surface area contributed by atoms with E-state index in [1.54, 1.807) is 13.0 Å². The summed E-state index contributed by atoms with van der Waals surface area (Å²) in [7, 11) is -1.84. The molecule has 0 saturated heterocycles. The van der Waals surface area contributed by atoms with Crippen molar-refractivity contribution in [1.29, 1.82) is 0 Å². The van der Waals surface area contributed by atoms with E-state index in [0.717, 1.165) is 50.6 Å². The van der Waals surface area contributed by atoms with E-state index in [4.69, 9.17) is 4.42 Å². The number of amides is 2. The average molecular weight is 493 g/mol. The molecule has 2 atom stereocenters. The molecule has 0 spiro atoms. The number of nitrogens with one attached hydrogen (secondary N) is 2. The number of fused-ring (bicyclic) bond motifs is 3. The Labute approximate surface area is 186 Å². The second-order valence-electron chi connectivity index (χ2n) is 8.66. The molecule has 160 valence electrons. The number of hydrogen-bond acceptors (Lipinski definition) is 4. The third kappa shape index (κ3) is 3.33. The van der Waals surface area contributed by atoms with E-state index >= 15 is 0 Å². The van der Waals surface area contributed by atoms with E-state index in [1.165, 1.54) is 26.7 Å². The van der Waals surface area contributed by atoms with Crippen molar-refractivity contribution in [1.82, 2.24) is 4.72 Å². The van der Waals surface area contributed by atoms with Gasteiger partial charge in [0.1, 0.15) is 5.76 Å². The Bertz CT molecular complexity index is 1040. The Morgan fingerprint density at radius 1 is 1.10 bits per heavy atom. The lowest BCUT2D eigenvalue weighted by Gasteiger charge is -2.26. The minimum Gasteiger partial charge on any atom is -0.450 e. The topological polar surface area (TPSA) is 91.6 Å². The van der Waals surface area contributed by atoms with Crippen LogP contribution in [-0.2, 0) is 48.7 Å². The maximum atomic E-state index is 12.8. The van der Waals surface area contributed by atoms with Crippen molar-refractivity contribution >= 4 is 38.6 Å². The third-order valence-corrected chi connectivity index (χ3v) is 8.50. The summed E-state index contributed by atoms with van der Waals surface area (Å²) in [6.07, 6.45) is 8.24. The van der Waals surface area contributed by atoms with Crippen molar-refractivity contribution in [3.8, 4) is 0 Å². The number of furan rings is 1. The molecule has 6 nitrogen and oxygen atoms in total. The number of carbonyl (C=O) groups excluding carboxylic acids is 1. The largest absolute Gasteiger partial charge is 0.450 e. The smallest absolute Gasteiger partial charge is 0.331 e. The van der Waals surface area contributed by atoms with Crippen LogP contribution < -0.4 is 10.0 Å². The van der Waals surface area contributed by atoms with Crippen LogP contribution in [0.5, 0.6) is 0 Å². The number of aryl methyl sites for hydroxylation is 1. The summed E-state index contributed by atoms with van der Waals surface area (Å²) in [6.45, 7) is 1.74. The number of anilines is 1. The normalized spacial score (nSPS) is 22.9. The Morgan fingerprint density at radius 3 is 2.37 bits per heavy atom. The van der Waals surface area contributed by atoms with Crippen molar-refractivity contribution in [3.05, 3.63) is 44.1 Å². The summed E-state index contributed by atoms with van der Waals surface area (Å²) in [5.74, 6) is 0.653. The van der Waals surface area contributed by atoms with Crippen LogP contribution in [0.2, 0.25) is 0 Å². The Morgan fingerprint density at radius 2 is 1.73 bits per heavy atom. The minimum atomic E-state index is -1.84. The van der Waals surface area contributed by atoms with Crippen LogP contribution in [0.3, 0.4) is 0 Å². The standard InChI is InChI=1S/C22H25BrN2O4S/c1-22(27)10-4-9-17-16(22)11-18(29-17)30(28)25-21(26)24-20-14-7-2-5-12(14)19(23)13-6-3-8-15(13)20/h11,27H,2-10H2,1H3,(H2,24,25,26). The van der Waals surface area contributed by atoms with E-state index in [0.29, 0.717) is 24.2 Å². The average Bonchev–Trinajstić information content (AvgIpc) is 3.43. The van der Waals surface area contributed by atoms with Crippen LogP contribution in [0.1, 0.15) is 66.2 Å². The second kappa shape index (κ2) is 7.50. The lowest BCUT2D eigenvalue weighted by atomic mass is 9.85. The molecule has 0 aliphatic heterocycles. The molecule has 0 fully saturated rings. The summed E-state index contributed by atoms with van der Waals surface area (Å²) in [4.78, 5) is 12.7. The van der Waals surface area contributed by atoms with Crippen molar-refractivity contribution < 1.29 is 18.5 Å². The Kier molecular flexibility index (Phi) is 5.07. The van der Waals surface area contributed by atoms with Gasteiger partial charge in [0.25, 0.3) is 0 Å². The zero-order valence-electron chi connectivity index (χ0n) is 16.9. The molecule has 2 unspecified atom stereocenters. The molecule has 0 bridgehead atoms. The molecule has 0 radical (unpaired) electrons. The first-order valence-corrected chi connectivity index (χ1v) is 12.5. The first kappa shape index (κ1) is 20.3. The second-order valence-corrected chi connectivity index (χ2v) is 10.6. The van der Waals surface area contributed by atoms with Gasteiger partial charge in [0.2, 0.25) is 5.09 Å². The molecule has 30 heavy (non-hydrogen) atoms. The number of hydrogen-bond donors (Lipinski definition) is 3. The monoisotopic (exact) mass is 492 g/mol. The highest BCUT2D eigenvalue weighted by molar-refractivity contribution is 9.10. The fourth-order valence-electron chi connectivity index (χ4n) is 5.18. The number of carbonyl (C=O) groups is 1. The molecular weight excluding hydrogens is 468 g/mol. The highest BCUT2D eigenvalue weighted by Crippen LogP contribution is 2.44. The van der Waals surface area contributed by atoms with Gasteiger partial charge in [0.15, 0.2) is 11.0 Å². The lowest BCUT2D eigenvalue weighted by molar-refractivity contribution is 0.0362. The molecular formula is C22H25BrN2O4S. The van der Waals surface area contributed by atoms with Crippen LogP contribution in [0.15, 0.2) is 20.0 Å². The SMILES string of the molecule is CC1(O)CCCc2oc(S(=O)NC(=O)Nc3c4c(c(Br)c5c3CCC5)CCC4)cc21. The number of halogens is 1. The molecule has 8 heteroatoms. The van der Waals surface area contributed by atoms with Gasteiger partial charge >= 0.3 is 6.03 Å². The van der Waals surface area contributed by atoms with E-state index in [-0.39, 0.29) is 5.09 Å². The van der Waals surface area contributed by atoms with Gasteiger partial charge in [0, 0.05) is 28.2 Å². The minimum absolute atomic E-state index is 0.170. The summed E-state index contributed by atoms with van der Waals surface area (Å²) < 4.78 is 22.2. The number of aliphatic hydroxyl groups is 1. The van der Waals surface area contributed by atoms with Crippen LogP contribution in [-0.4, -0.2) is 15.3 Å². The summed E-state index contributed by atoms with van der Waals surface area (Å²) in [5, 5.41) is 13.7. The van der Waals surface area contributed by atoms with Gasteiger partial charge in [-0.25, -0.2) is 13.7 Å². The zero-order chi connectivity index (χ0) is 21.0. The molecule has 3 N–H and O–H groups in total. The Balaban J connectivity index is 1.37. The van der Waals surface area contributed by atoms with Gasteiger partial charge in [0.05, 0.1) is 5.60 Å². The molecule has 1 heterocycles. The van der Waals surface area contributed by atoms with E-state index in [1.807, 2.05) is 0 Å². The number of urea groups is 1. The van der Waals surface area contributed by atoms with Gasteiger partial charge in [-0.05, 0) is 80.5 Å². The van der Waals surface area contributed by atoms with E-state index < -0.39 is 22.6 Å². The van der Waals surface area contributed by atoms with Gasteiger partial charge in [-0.2, -0.15) is 0 Å².